The van der Waals surface area contributed by atoms with Crippen LogP contribution in [0.4, 0.5) is 5.88 Å². The molecule has 1 aromatic carbocycles. The fourth-order valence-electron chi connectivity index (χ4n) is 1.40. The number of nitrogens with zero attached hydrogens (tertiary/aromatic N) is 2. The van der Waals surface area contributed by atoms with Gasteiger partial charge in [-0.2, -0.15) is 0 Å². The molecule has 0 bridgehead atoms. The van der Waals surface area contributed by atoms with Crippen LogP contribution in [-0.4, -0.2) is 15.8 Å². The second kappa shape index (κ2) is 3.65. The number of nitro groups is 1. The maximum Gasteiger partial charge on any atom is 0.434 e. The highest BCUT2D eigenvalue weighted by atomic mass is 16.6. The number of rotatable bonds is 2. The summed E-state index contributed by atoms with van der Waals surface area (Å²) < 4.78 is 5.00. The van der Waals surface area contributed by atoms with Gasteiger partial charge in [0, 0.05) is 5.39 Å². The van der Waals surface area contributed by atoms with Gasteiger partial charge in [0.25, 0.3) is 0 Å². The Morgan fingerprint density at radius 2 is 2.25 bits per heavy atom. The molecule has 0 radical (unpaired) electrons. The van der Waals surface area contributed by atoms with Crippen LogP contribution in [0.1, 0.15) is 12.5 Å². The Kier molecular flexibility index (Phi) is 2.32. The Hall–Kier alpha value is -2.37. The Morgan fingerprint density at radius 3 is 2.88 bits per heavy atom. The van der Waals surface area contributed by atoms with Crippen molar-refractivity contribution in [1.29, 1.82) is 0 Å². The molecule has 2 aromatic rings. The van der Waals surface area contributed by atoms with E-state index in [0.29, 0.717) is 22.2 Å². The molecule has 0 amide bonds. The van der Waals surface area contributed by atoms with E-state index in [2.05, 4.69) is 5.16 Å². The first-order valence-corrected chi connectivity index (χ1v) is 4.49. The van der Waals surface area contributed by atoms with Crippen molar-refractivity contribution < 1.29 is 14.5 Å². The molecule has 6 nitrogen and oxygen atoms in total. The zero-order chi connectivity index (χ0) is 11.7. The molecular weight excluding hydrogens is 212 g/mol. The summed E-state index contributed by atoms with van der Waals surface area (Å²) in [4.78, 5) is 9.90. The molecule has 0 atom stereocenters. The van der Waals surface area contributed by atoms with Crippen LogP contribution >= 0.6 is 0 Å². The lowest BCUT2D eigenvalue weighted by Crippen LogP contribution is -1.92. The van der Waals surface area contributed by atoms with Gasteiger partial charge in [-0.1, -0.05) is 5.16 Å². The van der Waals surface area contributed by atoms with Crippen LogP contribution < -0.4 is 0 Å². The Balaban J connectivity index is 2.58. The van der Waals surface area contributed by atoms with E-state index >= 15 is 0 Å². The summed E-state index contributed by atoms with van der Waals surface area (Å²) in [5, 5.41) is 22.8. The average Bonchev–Trinajstić information content (AvgIpc) is 2.70. The molecule has 0 unspecified atom stereocenters. The van der Waals surface area contributed by atoms with Crippen LogP contribution in [0.5, 0.6) is 0 Å². The van der Waals surface area contributed by atoms with E-state index in [4.69, 9.17) is 9.62 Å². The number of fused-ring (bicyclic) bond motifs is 1. The summed E-state index contributed by atoms with van der Waals surface area (Å²) in [5.41, 5.74) is 1.55. The maximum atomic E-state index is 10.5. The summed E-state index contributed by atoms with van der Waals surface area (Å²) in [6.07, 6.45) is 0. The minimum Gasteiger partial charge on any atom is -0.411 e. The highest BCUT2D eigenvalue weighted by Gasteiger charge is 2.13. The van der Waals surface area contributed by atoms with Gasteiger partial charge in [0.1, 0.15) is 10.5 Å². The summed E-state index contributed by atoms with van der Waals surface area (Å²) in [7, 11) is 0. The van der Waals surface area contributed by atoms with E-state index in [0.717, 1.165) is 0 Å². The number of furan rings is 1. The van der Waals surface area contributed by atoms with Gasteiger partial charge in [-0.05, 0) is 30.7 Å². The van der Waals surface area contributed by atoms with Gasteiger partial charge in [-0.25, -0.2) is 0 Å². The highest BCUT2D eigenvalue weighted by Crippen LogP contribution is 2.25. The number of hydrogen-bond acceptors (Lipinski definition) is 5. The van der Waals surface area contributed by atoms with Crippen LogP contribution in [0.2, 0.25) is 0 Å². The summed E-state index contributed by atoms with van der Waals surface area (Å²) >= 11 is 0. The third-order valence-corrected chi connectivity index (χ3v) is 2.25. The summed E-state index contributed by atoms with van der Waals surface area (Å²) in [6.45, 7) is 1.63. The molecule has 0 saturated carbocycles. The van der Waals surface area contributed by atoms with Crippen molar-refractivity contribution in [2.45, 2.75) is 6.92 Å². The fraction of sp³-hybridized carbons (Fsp3) is 0.100. The van der Waals surface area contributed by atoms with Gasteiger partial charge in [0.15, 0.2) is 0 Å². The van der Waals surface area contributed by atoms with E-state index in [9.17, 15) is 10.1 Å². The topological polar surface area (TPSA) is 88.9 Å². The van der Waals surface area contributed by atoms with Crippen molar-refractivity contribution in [3.8, 4) is 0 Å². The van der Waals surface area contributed by atoms with E-state index < -0.39 is 4.92 Å². The molecular formula is C10H8N2O4. The lowest BCUT2D eigenvalue weighted by atomic mass is 10.1. The molecule has 0 fully saturated rings. The molecule has 0 aliphatic carbocycles. The standard InChI is InChI=1S/C10H8N2O4/c1-6(11-13)7-2-3-9-8(4-7)5-10(16-9)12(14)15/h2-5,13H,1H3. The first-order valence-electron chi connectivity index (χ1n) is 4.49. The van der Waals surface area contributed by atoms with Crippen LogP contribution in [0.25, 0.3) is 11.0 Å². The van der Waals surface area contributed by atoms with Gasteiger partial charge >= 0.3 is 5.88 Å². The summed E-state index contributed by atoms with van der Waals surface area (Å²) in [6, 6.07) is 6.28. The lowest BCUT2D eigenvalue weighted by molar-refractivity contribution is -0.401. The molecule has 6 heteroatoms. The van der Waals surface area contributed by atoms with Crippen molar-refractivity contribution >= 4 is 22.6 Å². The van der Waals surface area contributed by atoms with Gasteiger partial charge in [-0.15, -0.1) is 0 Å². The molecule has 0 aliphatic heterocycles. The molecule has 1 aromatic heterocycles. The molecule has 1 N–H and O–H groups in total. The third-order valence-electron chi connectivity index (χ3n) is 2.25. The zero-order valence-corrected chi connectivity index (χ0v) is 8.38. The Morgan fingerprint density at radius 1 is 1.50 bits per heavy atom. The maximum absolute atomic E-state index is 10.5. The molecule has 2 rings (SSSR count). The van der Waals surface area contributed by atoms with Crippen LogP contribution in [0.3, 0.4) is 0 Å². The van der Waals surface area contributed by atoms with Crippen LogP contribution in [0.15, 0.2) is 33.8 Å². The molecule has 82 valence electrons. The van der Waals surface area contributed by atoms with Crippen LogP contribution in [-0.2, 0) is 0 Å². The number of hydrogen-bond donors (Lipinski definition) is 1. The second-order valence-electron chi connectivity index (χ2n) is 3.28. The average molecular weight is 220 g/mol. The molecule has 1 heterocycles. The lowest BCUT2D eigenvalue weighted by Gasteiger charge is -1.96. The van der Waals surface area contributed by atoms with Gasteiger partial charge < -0.3 is 9.62 Å². The Labute approximate surface area is 89.9 Å². The normalized spacial score (nSPS) is 11.9. The minimum absolute atomic E-state index is 0.300. The number of benzene rings is 1. The predicted molar refractivity (Wildman–Crippen MR) is 56.9 cm³/mol. The van der Waals surface area contributed by atoms with Crippen molar-refractivity contribution in [2.24, 2.45) is 5.16 Å². The van der Waals surface area contributed by atoms with Crippen molar-refractivity contribution in [1.82, 2.24) is 0 Å². The van der Waals surface area contributed by atoms with E-state index in [1.54, 1.807) is 25.1 Å². The molecule has 0 spiro atoms. The molecule has 0 aliphatic rings. The Bertz CT molecular complexity index is 586. The van der Waals surface area contributed by atoms with E-state index in [1.807, 2.05) is 0 Å². The molecule has 16 heavy (non-hydrogen) atoms. The van der Waals surface area contributed by atoms with E-state index in [1.165, 1.54) is 6.07 Å². The second-order valence-corrected chi connectivity index (χ2v) is 3.28. The molecule has 0 saturated heterocycles. The minimum atomic E-state index is -0.591. The largest absolute Gasteiger partial charge is 0.434 e. The monoisotopic (exact) mass is 220 g/mol. The van der Waals surface area contributed by atoms with E-state index in [-0.39, 0.29) is 5.88 Å². The first-order chi connectivity index (χ1) is 7.61. The van der Waals surface area contributed by atoms with Crippen molar-refractivity contribution in [2.75, 3.05) is 0 Å². The summed E-state index contributed by atoms with van der Waals surface area (Å²) in [5.74, 6) is -0.300. The first kappa shape index (κ1) is 10.2. The fourth-order valence-corrected chi connectivity index (χ4v) is 1.40. The van der Waals surface area contributed by atoms with Crippen molar-refractivity contribution in [3.05, 3.63) is 39.9 Å². The van der Waals surface area contributed by atoms with Gasteiger partial charge in [-0.3, -0.25) is 10.1 Å². The van der Waals surface area contributed by atoms with Gasteiger partial charge in [0.2, 0.25) is 0 Å². The smallest absolute Gasteiger partial charge is 0.411 e. The quantitative estimate of drug-likeness (QED) is 0.364. The predicted octanol–water partition coefficient (Wildman–Crippen LogP) is 2.54. The third kappa shape index (κ3) is 1.60. The highest BCUT2D eigenvalue weighted by molar-refractivity contribution is 6.01. The zero-order valence-electron chi connectivity index (χ0n) is 8.38. The van der Waals surface area contributed by atoms with Gasteiger partial charge in [0.05, 0.1) is 11.8 Å². The number of oxime groups is 1. The van der Waals surface area contributed by atoms with Crippen LogP contribution in [0, 0.1) is 10.1 Å². The van der Waals surface area contributed by atoms with Crippen molar-refractivity contribution in [3.63, 3.8) is 0 Å². The SMILES string of the molecule is CC(=NO)c1ccc2oc([N+](=O)[O-])cc2c1.